The van der Waals surface area contributed by atoms with E-state index in [4.69, 9.17) is 4.74 Å². The highest BCUT2D eigenvalue weighted by atomic mass is 32.2. The third kappa shape index (κ3) is 4.08. The fraction of sp³-hybridized carbons (Fsp3) is 0.389. The molecule has 1 fully saturated rings. The van der Waals surface area contributed by atoms with E-state index >= 15 is 0 Å². The summed E-state index contributed by atoms with van der Waals surface area (Å²) < 4.78 is 30.9. The third-order valence-corrected chi connectivity index (χ3v) is 7.22. The summed E-state index contributed by atoms with van der Waals surface area (Å²) in [5, 5.41) is 13.9. The molecule has 147 valence electrons. The number of aromatic amines is 1. The average Bonchev–Trinajstić information content (AvgIpc) is 3.31. The van der Waals surface area contributed by atoms with E-state index in [0.29, 0.717) is 31.8 Å². The lowest BCUT2D eigenvalue weighted by atomic mass is 10.1. The van der Waals surface area contributed by atoms with E-state index in [1.807, 2.05) is 31.2 Å². The second-order valence-corrected chi connectivity index (χ2v) is 9.77. The minimum Gasteiger partial charge on any atom is -0.490 e. The topological polar surface area (TPSA) is 101 Å². The standard InChI is InChI=1S/C18H20N5O3S2/c1-12-10-16(18-19-21-22-20-18)27-17(12)13-4-3-5-15(11-13)26-14-6-8-23(9-7-14)28(2,24)25/h3-5,11,14H,6-9H2,1-2H3,(H,19,20,21,22). The number of H-pyrrole nitrogens is 1. The van der Waals surface area contributed by atoms with Crippen LogP contribution in [0.5, 0.6) is 5.75 Å². The van der Waals surface area contributed by atoms with Crippen molar-refractivity contribution in [3.05, 3.63) is 35.9 Å². The van der Waals surface area contributed by atoms with Crippen LogP contribution in [-0.4, -0.2) is 58.8 Å². The highest BCUT2D eigenvalue weighted by molar-refractivity contribution is 7.88. The largest absolute Gasteiger partial charge is 0.490 e. The highest BCUT2D eigenvalue weighted by Gasteiger charge is 2.26. The second-order valence-electron chi connectivity index (χ2n) is 6.77. The summed E-state index contributed by atoms with van der Waals surface area (Å²) in [5.41, 5.74) is 2.07. The Kier molecular flexibility index (Phi) is 5.17. The zero-order valence-electron chi connectivity index (χ0n) is 15.5. The van der Waals surface area contributed by atoms with Gasteiger partial charge in [-0.15, -0.1) is 16.4 Å². The Morgan fingerprint density at radius 3 is 2.79 bits per heavy atom. The van der Waals surface area contributed by atoms with Crippen LogP contribution in [0, 0.1) is 13.0 Å². The maximum absolute atomic E-state index is 11.6. The van der Waals surface area contributed by atoms with E-state index in [0.717, 1.165) is 26.6 Å². The normalized spacial score (nSPS) is 16.4. The summed E-state index contributed by atoms with van der Waals surface area (Å²) in [6.45, 7) is 3.00. The van der Waals surface area contributed by atoms with Gasteiger partial charge in [-0.2, -0.15) is 0 Å². The molecule has 3 aromatic rings. The molecule has 0 unspecified atom stereocenters. The van der Waals surface area contributed by atoms with Crippen LogP contribution in [0.1, 0.15) is 18.4 Å². The Morgan fingerprint density at radius 2 is 2.11 bits per heavy atom. The van der Waals surface area contributed by atoms with Crippen LogP contribution in [0.4, 0.5) is 0 Å². The third-order valence-electron chi connectivity index (χ3n) is 4.68. The van der Waals surface area contributed by atoms with E-state index in [-0.39, 0.29) is 6.10 Å². The van der Waals surface area contributed by atoms with Crippen molar-refractivity contribution in [1.82, 2.24) is 24.9 Å². The van der Waals surface area contributed by atoms with Crippen molar-refractivity contribution in [1.29, 1.82) is 0 Å². The van der Waals surface area contributed by atoms with Crippen molar-refractivity contribution in [2.75, 3.05) is 19.3 Å². The van der Waals surface area contributed by atoms with Crippen LogP contribution in [0.3, 0.4) is 0 Å². The quantitative estimate of drug-likeness (QED) is 0.683. The summed E-state index contributed by atoms with van der Waals surface area (Å²) >= 11 is 1.57. The number of nitrogens with zero attached hydrogens (tertiary/aromatic N) is 4. The smallest absolute Gasteiger partial charge is 0.211 e. The number of sulfonamides is 1. The molecule has 0 aliphatic carbocycles. The first kappa shape index (κ1) is 19.0. The van der Waals surface area contributed by atoms with E-state index < -0.39 is 10.0 Å². The van der Waals surface area contributed by atoms with Gasteiger partial charge in [0.2, 0.25) is 10.0 Å². The number of hydrogen-bond donors (Lipinski definition) is 1. The molecule has 0 atom stereocenters. The Bertz CT molecular complexity index is 1050. The summed E-state index contributed by atoms with van der Waals surface area (Å²) in [6.07, 6.45) is 2.64. The predicted octanol–water partition coefficient (Wildman–Crippen LogP) is 2.51. The van der Waals surface area contributed by atoms with Crippen molar-refractivity contribution < 1.29 is 13.2 Å². The van der Waals surface area contributed by atoms with Gasteiger partial charge in [-0.1, -0.05) is 12.1 Å². The maximum atomic E-state index is 11.6. The minimum absolute atomic E-state index is 0.0140. The van der Waals surface area contributed by atoms with E-state index in [9.17, 15) is 8.42 Å². The molecule has 2 aromatic heterocycles. The van der Waals surface area contributed by atoms with Crippen LogP contribution in [-0.2, 0) is 10.0 Å². The molecular formula is C18H20N5O3S2. The molecule has 1 aliphatic heterocycles. The molecule has 0 saturated carbocycles. The monoisotopic (exact) mass is 418 g/mol. The van der Waals surface area contributed by atoms with Crippen LogP contribution in [0.15, 0.2) is 24.3 Å². The lowest BCUT2D eigenvalue weighted by Crippen LogP contribution is -2.41. The minimum atomic E-state index is -3.13. The fourth-order valence-electron chi connectivity index (χ4n) is 3.25. The molecule has 1 N–H and O–H groups in total. The molecule has 10 heteroatoms. The van der Waals surface area contributed by atoms with E-state index in [2.05, 4.69) is 26.7 Å². The predicted molar refractivity (Wildman–Crippen MR) is 107 cm³/mol. The molecule has 0 spiro atoms. The van der Waals surface area contributed by atoms with E-state index in [1.165, 1.54) is 10.6 Å². The molecule has 1 aromatic carbocycles. The van der Waals surface area contributed by atoms with Crippen molar-refractivity contribution in [2.24, 2.45) is 0 Å². The van der Waals surface area contributed by atoms with E-state index in [1.54, 1.807) is 11.3 Å². The number of aromatic nitrogens is 4. The highest BCUT2D eigenvalue weighted by Crippen LogP contribution is 2.37. The van der Waals surface area contributed by atoms with Crippen molar-refractivity contribution in [2.45, 2.75) is 25.9 Å². The summed E-state index contributed by atoms with van der Waals surface area (Å²) in [6, 6.07) is 11.2. The lowest BCUT2D eigenvalue weighted by molar-refractivity contribution is 0.135. The second kappa shape index (κ2) is 7.61. The molecule has 1 radical (unpaired) electrons. The number of benzene rings is 1. The van der Waals surface area contributed by atoms with Gasteiger partial charge >= 0.3 is 0 Å². The number of aryl methyl sites for hydroxylation is 1. The fourth-order valence-corrected chi connectivity index (χ4v) is 5.17. The number of tetrazole rings is 1. The summed E-state index contributed by atoms with van der Waals surface area (Å²) in [7, 11) is -3.13. The van der Waals surface area contributed by atoms with Gasteiger partial charge in [0.15, 0.2) is 5.82 Å². The van der Waals surface area contributed by atoms with Gasteiger partial charge in [0.05, 0.1) is 11.1 Å². The number of thiophene rings is 1. The first-order chi connectivity index (χ1) is 13.4. The average molecular weight is 419 g/mol. The Balaban J connectivity index is 1.49. The number of rotatable bonds is 5. The van der Waals surface area contributed by atoms with Gasteiger partial charge in [0, 0.05) is 24.0 Å². The zero-order chi connectivity index (χ0) is 19.7. The Hall–Kier alpha value is -2.30. The van der Waals surface area contributed by atoms with Crippen LogP contribution < -0.4 is 4.74 Å². The number of ether oxygens (including phenoxy) is 1. The first-order valence-corrected chi connectivity index (χ1v) is 11.6. The van der Waals surface area contributed by atoms with Gasteiger partial charge in [-0.25, -0.2) is 17.8 Å². The van der Waals surface area contributed by atoms with Gasteiger partial charge in [-0.05, 0) is 53.5 Å². The summed E-state index contributed by atoms with van der Waals surface area (Å²) in [5.74, 6) is 1.38. The van der Waals surface area contributed by atoms with Gasteiger partial charge < -0.3 is 4.74 Å². The number of hydrogen-bond acceptors (Lipinski definition) is 7. The van der Waals surface area contributed by atoms with Crippen LogP contribution in [0.25, 0.3) is 21.1 Å². The molecule has 1 aliphatic rings. The van der Waals surface area contributed by atoms with Gasteiger partial charge in [0.25, 0.3) is 0 Å². The zero-order valence-corrected chi connectivity index (χ0v) is 17.2. The van der Waals surface area contributed by atoms with Crippen molar-refractivity contribution in [3.63, 3.8) is 0 Å². The van der Waals surface area contributed by atoms with Gasteiger partial charge in [0.1, 0.15) is 11.9 Å². The molecule has 0 amide bonds. The first-order valence-electron chi connectivity index (χ1n) is 8.89. The molecule has 4 rings (SSSR count). The van der Waals surface area contributed by atoms with Crippen LogP contribution in [0.2, 0.25) is 0 Å². The molecule has 8 nitrogen and oxygen atoms in total. The summed E-state index contributed by atoms with van der Waals surface area (Å²) in [4.78, 5) is 1.95. The lowest BCUT2D eigenvalue weighted by Gasteiger charge is -2.30. The van der Waals surface area contributed by atoms with Crippen LogP contribution >= 0.6 is 11.3 Å². The SMILES string of the molecule is Cc1[c]c(-c2nnn[nH]2)sc1-c1cccc(OC2CCN(S(C)(=O)=O)CC2)c1. The molecular weight excluding hydrogens is 398 g/mol. The molecule has 0 bridgehead atoms. The maximum Gasteiger partial charge on any atom is 0.211 e. The number of nitrogens with one attached hydrogen (secondary N) is 1. The molecule has 3 heterocycles. The van der Waals surface area contributed by atoms with Crippen molar-refractivity contribution >= 4 is 21.4 Å². The Labute approximate surface area is 167 Å². The number of piperidine rings is 1. The van der Waals surface area contributed by atoms with Gasteiger partial charge in [-0.3, -0.25) is 0 Å². The van der Waals surface area contributed by atoms with Crippen molar-refractivity contribution in [3.8, 4) is 26.9 Å². The Morgan fingerprint density at radius 1 is 1.32 bits per heavy atom. The molecule has 1 saturated heterocycles. The molecule has 28 heavy (non-hydrogen) atoms.